The average Bonchev–Trinajstić information content (AvgIpc) is 2.64. The van der Waals surface area contributed by atoms with Crippen molar-refractivity contribution in [3.05, 3.63) is 65.0 Å². The van der Waals surface area contributed by atoms with Crippen molar-refractivity contribution in [3.8, 4) is 5.75 Å². The maximum Gasteiger partial charge on any atom is 0.154 e. The van der Waals surface area contributed by atoms with E-state index in [0.717, 1.165) is 11.3 Å². The second kappa shape index (κ2) is 12.3. The number of ketones is 1. The number of amidine groups is 1. The zero-order valence-corrected chi connectivity index (χ0v) is 19.0. The first-order valence-corrected chi connectivity index (χ1v) is 10.1. The molecule has 0 spiro atoms. The molecular weight excluding hydrogens is 460 g/mol. The lowest BCUT2D eigenvalue weighted by Gasteiger charge is -2.30. The number of carbonyl (C=O) groups excluding carboxylic acids is 1. The molecule has 0 aliphatic carbocycles. The number of carbonyl (C=O) groups is 1. The summed E-state index contributed by atoms with van der Waals surface area (Å²) >= 11 is 1.46. The van der Waals surface area contributed by atoms with Crippen LogP contribution in [0.2, 0.25) is 0 Å². The Kier molecular flexibility index (Phi) is 11.6. The van der Waals surface area contributed by atoms with Crippen LogP contribution in [0.15, 0.2) is 47.5 Å². The fraction of sp³-hybridized carbons (Fsp3) is 0.364. The first kappa shape index (κ1) is 29.2. The molecule has 1 heterocycles. The van der Waals surface area contributed by atoms with Gasteiger partial charge in [0.25, 0.3) is 0 Å². The second-order valence-corrected chi connectivity index (χ2v) is 8.37. The van der Waals surface area contributed by atoms with Crippen LogP contribution in [-0.2, 0) is 23.2 Å². The molecular formula is C22H30Cl2FN3O2S. The van der Waals surface area contributed by atoms with Crippen molar-refractivity contribution in [2.45, 2.75) is 45.2 Å². The molecule has 31 heavy (non-hydrogen) atoms. The summed E-state index contributed by atoms with van der Waals surface area (Å²) in [6.07, 6.45) is 1.17. The van der Waals surface area contributed by atoms with E-state index in [9.17, 15) is 14.3 Å². The third-order valence-corrected chi connectivity index (χ3v) is 5.79. The minimum absolute atomic E-state index is 0. The summed E-state index contributed by atoms with van der Waals surface area (Å²) in [6.45, 7) is 1.86. The number of nitrogens with two attached hydrogens (primary N) is 2. The topological polar surface area (TPSA) is 102 Å². The van der Waals surface area contributed by atoms with Crippen molar-refractivity contribution in [1.29, 1.82) is 0 Å². The van der Waals surface area contributed by atoms with Crippen molar-refractivity contribution in [1.82, 2.24) is 0 Å². The first-order chi connectivity index (χ1) is 13.3. The van der Waals surface area contributed by atoms with Gasteiger partial charge in [-0.2, -0.15) is 0 Å². The summed E-state index contributed by atoms with van der Waals surface area (Å²) in [7, 11) is 0. The minimum Gasteiger partial charge on any atom is -0.508 e. The molecule has 0 unspecified atom stereocenters. The molecule has 1 aliphatic heterocycles. The van der Waals surface area contributed by atoms with E-state index in [-0.39, 0.29) is 56.0 Å². The predicted molar refractivity (Wildman–Crippen MR) is 132 cm³/mol. The summed E-state index contributed by atoms with van der Waals surface area (Å²) in [5.74, 6) is 0.459. The van der Waals surface area contributed by atoms with E-state index in [4.69, 9.17) is 11.5 Å². The van der Waals surface area contributed by atoms with Gasteiger partial charge in [0.1, 0.15) is 11.6 Å². The molecule has 2 aromatic carbocycles. The van der Waals surface area contributed by atoms with Crippen LogP contribution in [-0.4, -0.2) is 27.9 Å². The highest BCUT2D eigenvalue weighted by Gasteiger charge is 2.32. The monoisotopic (exact) mass is 489 g/mol. The van der Waals surface area contributed by atoms with Gasteiger partial charge in [-0.25, -0.2) is 4.39 Å². The quantitative estimate of drug-likeness (QED) is 0.559. The lowest BCUT2D eigenvalue weighted by molar-refractivity contribution is -0.119. The number of thioether (sulfide) groups is 1. The van der Waals surface area contributed by atoms with Crippen molar-refractivity contribution in [3.63, 3.8) is 0 Å². The highest BCUT2D eigenvalue weighted by molar-refractivity contribution is 8.13. The maximum absolute atomic E-state index is 14.5. The Morgan fingerprint density at radius 1 is 1.23 bits per heavy atom. The molecule has 0 bridgehead atoms. The SMILES string of the molecule is C.C[C@@]1(c2cc(CC(=O)[C@@H](N)Cc3ccc(O)cc3)ccc2F)CCSC(N)=N1.Cl.Cl. The highest BCUT2D eigenvalue weighted by atomic mass is 35.5. The minimum atomic E-state index is -0.730. The van der Waals surface area contributed by atoms with E-state index in [0.29, 0.717) is 29.1 Å². The normalized spacial score (nSPS) is 18.5. The number of phenolic OH excluding ortho intramolecular Hbond substituents is 1. The molecule has 0 amide bonds. The number of benzene rings is 2. The largest absolute Gasteiger partial charge is 0.508 e. The predicted octanol–water partition coefficient (Wildman–Crippen LogP) is 4.36. The number of rotatable bonds is 6. The number of aromatic hydroxyl groups is 1. The van der Waals surface area contributed by atoms with E-state index in [1.807, 2.05) is 6.92 Å². The van der Waals surface area contributed by atoms with Crippen LogP contribution in [0.5, 0.6) is 5.75 Å². The van der Waals surface area contributed by atoms with Crippen molar-refractivity contribution in [2.24, 2.45) is 16.5 Å². The average molecular weight is 490 g/mol. The molecule has 2 aromatic rings. The van der Waals surface area contributed by atoms with E-state index in [1.54, 1.807) is 36.4 Å². The van der Waals surface area contributed by atoms with Crippen LogP contribution in [0.3, 0.4) is 0 Å². The molecule has 0 fully saturated rings. The molecule has 0 radical (unpaired) electrons. The van der Waals surface area contributed by atoms with E-state index in [2.05, 4.69) is 4.99 Å². The third-order valence-electron chi connectivity index (χ3n) is 4.99. The Bertz CT molecular complexity index is 912. The zero-order chi connectivity index (χ0) is 20.3. The van der Waals surface area contributed by atoms with Crippen molar-refractivity contribution >= 4 is 47.5 Å². The van der Waals surface area contributed by atoms with E-state index >= 15 is 0 Å². The van der Waals surface area contributed by atoms with Crippen molar-refractivity contribution < 1.29 is 14.3 Å². The summed E-state index contributed by atoms with van der Waals surface area (Å²) in [5.41, 5.74) is 13.2. The molecule has 5 N–H and O–H groups in total. The van der Waals surface area contributed by atoms with E-state index in [1.165, 1.54) is 17.8 Å². The maximum atomic E-state index is 14.5. The Hall–Kier alpha value is -1.80. The van der Waals surface area contributed by atoms with Gasteiger partial charge < -0.3 is 16.6 Å². The van der Waals surface area contributed by atoms with Gasteiger partial charge in [0.2, 0.25) is 0 Å². The van der Waals surface area contributed by atoms with Gasteiger partial charge in [-0.15, -0.1) is 24.8 Å². The van der Waals surface area contributed by atoms with Gasteiger partial charge in [-0.1, -0.05) is 43.5 Å². The van der Waals surface area contributed by atoms with Crippen LogP contribution in [0.25, 0.3) is 0 Å². The summed E-state index contributed by atoms with van der Waals surface area (Å²) in [4.78, 5) is 17.0. The summed E-state index contributed by atoms with van der Waals surface area (Å²) in [5, 5.41) is 9.79. The smallest absolute Gasteiger partial charge is 0.154 e. The molecule has 2 atom stereocenters. The Labute approximate surface area is 199 Å². The second-order valence-electron chi connectivity index (χ2n) is 7.26. The number of hydrogen-bond donors (Lipinski definition) is 3. The van der Waals surface area contributed by atoms with Crippen LogP contribution in [0.4, 0.5) is 4.39 Å². The summed E-state index contributed by atoms with van der Waals surface area (Å²) < 4.78 is 14.5. The Morgan fingerprint density at radius 2 is 1.84 bits per heavy atom. The standard InChI is InChI=1S/C21H24FN3O2S.CH4.2ClH/c1-21(8-9-28-20(24)25-21)16-10-14(4-7-17(16)22)12-19(27)18(23)11-13-2-5-15(26)6-3-13;;;/h2-7,10,18,26H,8-9,11-12,23H2,1H3,(H2,24,25);1H4;2*1H/t18-,21-;;;/m0.../s1. The van der Waals surface area contributed by atoms with Crippen molar-refractivity contribution in [2.75, 3.05) is 5.75 Å². The van der Waals surface area contributed by atoms with E-state index < -0.39 is 11.6 Å². The molecule has 172 valence electrons. The lowest BCUT2D eigenvalue weighted by atomic mass is 9.87. The first-order valence-electron chi connectivity index (χ1n) is 9.10. The van der Waals surface area contributed by atoms with Gasteiger partial charge in [0, 0.05) is 17.7 Å². The van der Waals surface area contributed by atoms with Gasteiger partial charge in [-0.3, -0.25) is 9.79 Å². The van der Waals surface area contributed by atoms with Crippen LogP contribution in [0, 0.1) is 5.82 Å². The number of hydrogen-bond acceptors (Lipinski definition) is 6. The number of halogens is 3. The van der Waals surface area contributed by atoms with Gasteiger partial charge in [0.05, 0.1) is 11.6 Å². The fourth-order valence-electron chi connectivity index (χ4n) is 3.31. The Balaban J connectivity index is 0.00000300. The van der Waals surface area contributed by atoms with Gasteiger partial charge in [-0.05, 0) is 49.1 Å². The zero-order valence-electron chi connectivity index (χ0n) is 16.5. The molecule has 9 heteroatoms. The highest BCUT2D eigenvalue weighted by Crippen LogP contribution is 2.36. The fourth-order valence-corrected chi connectivity index (χ4v) is 4.28. The Morgan fingerprint density at radius 3 is 2.45 bits per heavy atom. The molecule has 3 rings (SSSR count). The number of aliphatic imine (C=N–C) groups is 1. The van der Waals surface area contributed by atoms with Gasteiger partial charge >= 0.3 is 0 Å². The molecule has 0 saturated heterocycles. The number of nitrogens with zero attached hydrogens (tertiary/aromatic N) is 1. The third kappa shape index (κ3) is 7.38. The number of phenols is 1. The van der Waals surface area contributed by atoms with Crippen LogP contribution in [0.1, 0.15) is 37.5 Å². The molecule has 0 aromatic heterocycles. The molecule has 5 nitrogen and oxygen atoms in total. The van der Waals surface area contributed by atoms with Gasteiger partial charge in [0.15, 0.2) is 11.0 Å². The van der Waals surface area contributed by atoms with Crippen LogP contribution < -0.4 is 11.5 Å². The number of Topliss-reactive ketones (excluding diaryl/α,β-unsaturated/α-hetero) is 1. The molecule has 0 saturated carbocycles. The summed E-state index contributed by atoms with van der Waals surface area (Å²) in [6, 6.07) is 10.6. The van der Waals surface area contributed by atoms with Crippen LogP contribution >= 0.6 is 36.6 Å². The molecule has 1 aliphatic rings. The lowest BCUT2D eigenvalue weighted by Crippen LogP contribution is -2.34.